The molecule has 2 aromatic rings. The number of hydrogen-bond acceptors (Lipinski definition) is 4. The maximum Gasteiger partial charge on any atom is 0.339 e. The molecular weight excluding hydrogens is 395 g/mol. The molecule has 0 bridgehead atoms. The van der Waals surface area contributed by atoms with Gasteiger partial charge in [-0.25, -0.2) is 4.79 Å². The highest BCUT2D eigenvalue weighted by atomic mass is 127. The molecule has 2 rings (SSSR count). The summed E-state index contributed by atoms with van der Waals surface area (Å²) < 4.78 is 5.68. The van der Waals surface area contributed by atoms with Crippen molar-refractivity contribution in [2.45, 2.75) is 0 Å². The summed E-state index contributed by atoms with van der Waals surface area (Å²) >= 11 is 2.16. The van der Waals surface area contributed by atoms with E-state index in [-0.39, 0.29) is 12.5 Å². The molecule has 0 saturated heterocycles. The van der Waals surface area contributed by atoms with E-state index in [4.69, 9.17) is 4.74 Å². The van der Waals surface area contributed by atoms with Crippen LogP contribution >= 0.6 is 22.6 Å². The molecular formula is C16H15IN2O3. The van der Waals surface area contributed by atoms with E-state index in [1.165, 1.54) is 7.11 Å². The van der Waals surface area contributed by atoms with Gasteiger partial charge in [0.05, 0.1) is 24.9 Å². The van der Waals surface area contributed by atoms with Crippen molar-refractivity contribution in [1.29, 1.82) is 0 Å². The second-order valence-corrected chi connectivity index (χ2v) is 5.58. The summed E-state index contributed by atoms with van der Waals surface area (Å²) in [6, 6.07) is 14.4. The van der Waals surface area contributed by atoms with Crippen LogP contribution in [-0.4, -0.2) is 25.5 Å². The van der Waals surface area contributed by atoms with Crippen LogP contribution in [0.25, 0.3) is 0 Å². The zero-order valence-corrected chi connectivity index (χ0v) is 14.1. The Morgan fingerprint density at radius 1 is 1.05 bits per heavy atom. The maximum atomic E-state index is 12.0. The summed E-state index contributed by atoms with van der Waals surface area (Å²) in [6.07, 6.45) is 0. The zero-order valence-electron chi connectivity index (χ0n) is 11.9. The minimum Gasteiger partial charge on any atom is -0.465 e. The van der Waals surface area contributed by atoms with E-state index in [0.29, 0.717) is 11.3 Å². The van der Waals surface area contributed by atoms with Crippen molar-refractivity contribution in [2.24, 2.45) is 0 Å². The van der Waals surface area contributed by atoms with Crippen LogP contribution in [0.5, 0.6) is 0 Å². The van der Waals surface area contributed by atoms with Crippen LogP contribution in [0.3, 0.4) is 0 Å². The molecule has 2 N–H and O–H groups in total. The van der Waals surface area contributed by atoms with E-state index in [2.05, 4.69) is 33.2 Å². The van der Waals surface area contributed by atoms with Crippen LogP contribution in [0.1, 0.15) is 10.4 Å². The lowest BCUT2D eigenvalue weighted by atomic mass is 10.2. The Morgan fingerprint density at radius 3 is 2.36 bits per heavy atom. The maximum absolute atomic E-state index is 12.0. The molecule has 0 radical (unpaired) electrons. The average Bonchev–Trinajstić information content (AvgIpc) is 2.54. The summed E-state index contributed by atoms with van der Waals surface area (Å²) in [5.74, 6) is -0.634. The van der Waals surface area contributed by atoms with Crippen molar-refractivity contribution in [3.8, 4) is 0 Å². The number of nitrogens with one attached hydrogen (secondary N) is 2. The van der Waals surface area contributed by atoms with E-state index in [1.807, 2.05) is 24.3 Å². The van der Waals surface area contributed by atoms with Gasteiger partial charge >= 0.3 is 5.97 Å². The first-order chi connectivity index (χ1) is 10.6. The minimum absolute atomic E-state index is 0.0545. The Kier molecular flexibility index (Phi) is 5.76. The molecule has 5 nitrogen and oxygen atoms in total. The summed E-state index contributed by atoms with van der Waals surface area (Å²) in [5, 5.41) is 5.77. The second-order valence-electron chi connectivity index (χ2n) is 4.42. The molecule has 0 aromatic heterocycles. The smallest absolute Gasteiger partial charge is 0.339 e. The number of para-hydroxylation sites is 2. The lowest BCUT2D eigenvalue weighted by Crippen LogP contribution is -2.23. The number of halogens is 1. The molecule has 0 saturated carbocycles. The fourth-order valence-corrected chi connectivity index (χ4v) is 2.38. The summed E-state index contributed by atoms with van der Waals surface area (Å²) in [7, 11) is 1.32. The Labute approximate surface area is 142 Å². The van der Waals surface area contributed by atoms with Crippen molar-refractivity contribution in [2.75, 3.05) is 24.3 Å². The molecule has 1 amide bonds. The van der Waals surface area contributed by atoms with Gasteiger partial charge in [-0.05, 0) is 46.9 Å². The van der Waals surface area contributed by atoms with Gasteiger partial charge in [0.2, 0.25) is 5.91 Å². The molecule has 2 aromatic carbocycles. The topological polar surface area (TPSA) is 67.4 Å². The number of rotatable bonds is 5. The first-order valence-corrected chi connectivity index (χ1v) is 7.65. The van der Waals surface area contributed by atoms with Gasteiger partial charge in [-0.1, -0.05) is 24.3 Å². The summed E-state index contributed by atoms with van der Waals surface area (Å²) in [5.41, 5.74) is 1.72. The number of carbonyl (C=O) groups excluding carboxylic acids is 2. The van der Waals surface area contributed by atoms with Crippen molar-refractivity contribution in [3.05, 3.63) is 57.7 Å². The van der Waals surface area contributed by atoms with Crippen LogP contribution in [0, 0.1) is 3.57 Å². The number of ether oxygens (including phenoxy) is 1. The van der Waals surface area contributed by atoms with Gasteiger partial charge < -0.3 is 15.4 Å². The zero-order chi connectivity index (χ0) is 15.9. The van der Waals surface area contributed by atoms with Crippen LogP contribution in [-0.2, 0) is 9.53 Å². The van der Waals surface area contributed by atoms with Crippen molar-refractivity contribution in [1.82, 2.24) is 0 Å². The first kappa shape index (κ1) is 16.3. The fraction of sp³-hybridized carbons (Fsp3) is 0.125. The molecule has 114 valence electrons. The molecule has 0 fully saturated rings. The van der Waals surface area contributed by atoms with Gasteiger partial charge in [-0.3, -0.25) is 4.79 Å². The van der Waals surface area contributed by atoms with Crippen LogP contribution in [0.15, 0.2) is 48.5 Å². The normalized spacial score (nSPS) is 9.91. The van der Waals surface area contributed by atoms with Crippen molar-refractivity contribution >= 4 is 45.8 Å². The van der Waals surface area contributed by atoms with E-state index in [1.54, 1.807) is 24.3 Å². The monoisotopic (exact) mass is 410 g/mol. The van der Waals surface area contributed by atoms with Crippen LogP contribution in [0.4, 0.5) is 11.4 Å². The number of carbonyl (C=O) groups is 2. The molecule has 0 atom stereocenters. The number of esters is 1. The Morgan fingerprint density at radius 2 is 1.68 bits per heavy atom. The molecule has 6 heteroatoms. The predicted molar refractivity (Wildman–Crippen MR) is 94.1 cm³/mol. The lowest BCUT2D eigenvalue weighted by molar-refractivity contribution is -0.114. The Balaban J connectivity index is 2.00. The van der Waals surface area contributed by atoms with E-state index < -0.39 is 5.97 Å². The first-order valence-electron chi connectivity index (χ1n) is 6.57. The van der Waals surface area contributed by atoms with E-state index in [0.717, 1.165) is 9.26 Å². The van der Waals surface area contributed by atoms with Gasteiger partial charge in [0, 0.05) is 9.26 Å². The number of anilines is 2. The fourth-order valence-electron chi connectivity index (χ4n) is 1.86. The number of hydrogen-bond donors (Lipinski definition) is 2. The van der Waals surface area contributed by atoms with E-state index in [9.17, 15) is 9.59 Å². The van der Waals surface area contributed by atoms with Gasteiger partial charge in [0.25, 0.3) is 0 Å². The third-order valence-corrected chi connectivity index (χ3v) is 3.86. The van der Waals surface area contributed by atoms with Gasteiger partial charge in [-0.2, -0.15) is 0 Å². The highest BCUT2D eigenvalue weighted by Crippen LogP contribution is 2.18. The Hall–Kier alpha value is -2.09. The quantitative estimate of drug-likeness (QED) is 0.587. The summed E-state index contributed by atoms with van der Waals surface area (Å²) in [6.45, 7) is 0.0545. The molecule has 0 heterocycles. The third kappa shape index (κ3) is 4.20. The second kappa shape index (κ2) is 7.79. The minimum atomic E-state index is -0.443. The van der Waals surface area contributed by atoms with Crippen molar-refractivity contribution < 1.29 is 14.3 Å². The van der Waals surface area contributed by atoms with Crippen LogP contribution in [0.2, 0.25) is 0 Å². The van der Waals surface area contributed by atoms with E-state index >= 15 is 0 Å². The lowest BCUT2D eigenvalue weighted by Gasteiger charge is -2.11. The molecule has 22 heavy (non-hydrogen) atoms. The number of benzene rings is 2. The molecule has 0 aliphatic rings. The largest absolute Gasteiger partial charge is 0.465 e. The standard InChI is InChI=1S/C16H15IN2O3/c1-22-16(21)11-6-2-4-8-13(11)18-10-15(20)19-14-9-5-3-7-12(14)17/h2-9,18H,10H2,1H3,(H,19,20). The molecule has 0 spiro atoms. The average molecular weight is 410 g/mol. The number of methoxy groups -OCH3 is 1. The van der Waals surface area contributed by atoms with Gasteiger partial charge in [0.1, 0.15) is 0 Å². The molecule has 0 unspecified atom stereocenters. The number of amides is 1. The molecule has 0 aliphatic heterocycles. The van der Waals surface area contributed by atoms with Gasteiger partial charge in [-0.15, -0.1) is 0 Å². The van der Waals surface area contributed by atoms with Crippen LogP contribution < -0.4 is 10.6 Å². The molecule has 0 aliphatic carbocycles. The predicted octanol–water partition coefficient (Wildman–Crippen LogP) is 3.13. The Bertz CT molecular complexity index is 689. The SMILES string of the molecule is COC(=O)c1ccccc1NCC(=O)Nc1ccccc1I. The van der Waals surface area contributed by atoms with Gasteiger partial charge in [0.15, 0.2) is 0 Å². The third-order valence-electron chi connectivity index (χ3n) is 2.92. The highest BCUT2D eigenvalue weighted by molar-refractivity contribution is 14.1. The summed E-state index contributed by atoms with van der Waals surface area (Å²) in [4.78, 5) is 23.6. The highest BCUT2D eigenvalue weighted by Gasteiger charge is 2.12. The van der Waals surface area contributed by atoms with Crippen molar-refractivity contribution in [3.63, 3.8) is 0 Å².